The van der Waals surface area contributed by atoms with Crippen molar-refractivity contribution < 1.29 is 4.79 Å². The van der Waals surface area contributed by atoms with Gasteiger partial charge in [0.2, 0.25) is 5.91 Å². The summed E-state index contributed by atoms with van der Waals surface area (Å²) in [7, 11) is 0. The van der Waals surface area contributed by atoms with E-state index >= 15 is 0 Å². The van der Waals surface area contributed by atoms with Crippen LogP contribution in [0.4, 0.5) is 0 Å². The van der Waals surface area contributed by atoms with Gasteiger partial charge in [-0.25, -0.2) is 4.98 Å². The number of rotatable bonds is 4. The molecule has 0 aliphatic heterocycles. The van der Waals surface area contributed by atoms with Gasteiger partial charge in [-0.2, -0.15) is 0 Å². The molecule has 1 aromatic heterocycles. The zero-order valence-corrected chi connectivity index (χ0v) is 13.5. The molecule has 0 radical (unpaired) electrons. The summed E-state index contributed by atoms with van der Waals surface area (Å²) in [6, 6.07) is 8.20. The van der Waals surface area contributed by atoms with Crippen molar-refractivity contribution in [3.63, 3.8) is 0 Å². The number of amides is 1. The lowest BCUT2D eigenvalue weighted by Gasteiger charge is -2.21. The molecule has 4 nitrogen and oxygen atoms in total. The number of hydrogen-bond donors (Lipinski definition) is 1. The molecular formula is C19H23N3O. The molecule has 2 aliphatic carbocycles. The highest BCUT2D eigenvalue weighted by molar-refractivity contribution is 5.79. The Bertz CT molecular complexity index is 721. The van der Waals surface area contributed by atoms with E-state index in [-0.39, 0.29) is 11.8 Å². The summed E-state index contributed by atoms with van der Waals surface area (Å²) in [5.74, 6) is 2.88. The summed E-state index contributed by atoms with van der Waals surface area (Å²) in [4.78, 5) is 16.8. The molecular weight excluding hydrogens is 286 g/mol. The average molecular weight is 309 g/mol. The summed E-state index contributed by atoms with van der Waals surface area (Å²) in [6.07, 6.45) is 8.71. The first-order valence-corrected chi connectivity index (χ1v) is 8.58. The van der Waals surface area contributed by atoms with E-state index in [0.29, 0.717) is 12.5 Å². The molecule has 0 saturated heterocycles. The van der Waals surface area contributed by atoms with E-state index in [4.69, 9.17) is 0 Å². The van der Waals surface area contributed by atoms with Crippen molar-refractivity contribution in [2.45, 2.75) is 39.2 Å². The molecule has 4 rings (SSSR count). The van der Waals surface area contributed by atoms with Crippen molar-refractivity contribution in [3.05, 3.63) is 48.0 Å². The summed E-state index contributed by atoms with van der Waals surface area (Å²) in [5.41, 5.74) is 2.22. The number of carbonyl (C=O) groups excluding carboxylic acids is 1. The van der Waals surface area contributed by atoms with Gasteiger partial charge in [0.05, 0.1) is 5.69 Å². The maximum Gasteiger partial charge on any atom is 0.223 e. The largest absolute Gasteiger partial charge is 0.352 e. The number of fused-ring (bicyclic) bond motifs is 2. The Hall–Kier alpha value is -2.10. The van der Waals surface area contributed by atoms with Gasteiger partial charge >= 0.3 is 0 Å². The minimum Gasteiger partial charge on any atom is -0.352 e. The Labute approximate surface area is 136 Å². The number of nitrogens with one attached hydrogen (secondary N) is 1. The fraction of sp³-hybridized carbons (Fsp3) is 0.474. The quantitative estimate of drug-likeness (QED) is 0.942. The van der Waals surface area contributed by atoms with Gasteiger partial charge in [0.25, 0.3) is 0 Å². The first-order valence-electron chi connectivity index (χ1n) is 8.58. The first kappa shape index (κ1) is 14.5. The van der Waals surface area contributed by atoms with Crippen LogP contribution in [0.1, 0.15) is 37.1 Å². The Balaban J connectivity index is 1.47. The second kappa shape index (κ2) is 5.84. The smallest absolute Gasteiger partial charge is 0.223 e. The van der Waals surface area contributed by atoms with E-state index in [2.05, 4.69) is 27.0 Å². The number of imidazole rings is 1. The van der Waals surface area contributed by atoms with Crippen LogP contribution in [-0.4, -0.2) is 15.5 Å². The third-order valence-corrected chi connectivity index (χ3v) is 5.60. The minimum atomic E-state index is 0.245. The maximum absolute atomic E-state index is 12.5. The van der Waals surface area contributed by atoms with E-state index in [1.165, 1.54) is 19.3 Å². The van der Waals surface area contributed by atoms with Crippen LogP contribution in [0, 0.1) is 24.7 Å². The van der Waals surface area contributed by atoms with E-state index in [1.54, 1.807) is 6.20 Å². The van der Waals surface area contributed by atoms with E-state index in [9.17, 15) is 4.79 Å². The molecule has 1 heterocycles. The molecule has 4 heteroatoms. The van der Waals surface area contributed by atoms with Crippen molar-refractivity contribution in [1.29, 1.82) is 0 Å². The molecule has 0 unspecified atom stereocenters. The van der Waals surface area contributed by atoms with Gasteiger partial charge in [0.15, 0.2) is 0 Å². The van der Waals surface area contributed by atoms with Crippen LogP contribution in [0.3, 0.4) is 0 Å². The summed E-state index contributed by atoms with van der Waals surface area (Å²) >= 11 is 0. The van der Waals surface area contributed by atoms with Gasteiger partial charge in [0.1, 0.15) is 5.82 Å². The highest BCUT2D eigenvalue weighted by atomic mass is 16.1. The molecule has 1 aromatic carbocycles. The number of benzene rings is 1. The van der Waals surface area contributed by atoms with Gasteiger partial charge in [0, 0.05) is 24.9 Å². The third-order valence-electron chi connectivity index (χ3n) is 5.60. The lowest BCUT2D eigenvalue weighted by atomic mass is 9.88. The second-order valence-corrected chi connectivity index (χ2v) is 6.97. The number of nitrogens with zero attached hydrogens (tertiary/aromatic N) is 2. The van der Waals surface area contributed by atoms with Gasteiger partial charge in [-0.1, -0.05) is 24.6 Å². The van der Waals surface area contributed by atoms with Gasteiger partial charge in [-0.15, -0.1) is 0 Å². The SMILES string of the molecule is Cc1nccn1-c1ccccc1CNC(=O)[C@H]1C[C@H]2CC[C@H]1C2. The molecule has 120 valence electrons. The normalized spacial score (nSPS) is 25.7. The fourth-order valence-electron chi connectivity index (χ4n) is 4.41. The lowest BCUT2D eigenvalue weighted by molar-refractivity contribution is -0.126. The molecule has 1 N–H and O–H groups in total. The maximum atomic E-state index is 12.5. The van der Waals surface area contributed by atoms with E-state index < -0.39 is 0 Å². The number of para-hydroxylation sites is 1. The van der Waals surface area contributed by atoms with Crippen molar-refractivity contribution in [2.75, 3.05) is 0 Å². The topological polar surface area (TPSA) is 46.9 Å². The number of hydrogen-bond acceptors (Lipinski definition) is 2. The van der Waals surface area contributed by atoms with Gasteiger partial charge < -0.3 is 9.88 Å². The molecule has 23 heavy (non-hydrogen) atoms. The van der Waals surface area contributed by atoms with Crippen molar-refractivity contribution in [2.24, 2.45) is 17.8 Å². The molecule has 2 fully saturated rings. The molecule has 2 saturated carbocycles. The highest BCUT2D eigenvalue weighted by Crippen LogP contribution is 2.48. The van der Waals surface area contributed by atoms with Crippen molar-refractivity contribution >= 4 is 5.91 Å². The number of carbonyl (C=O) groups is 1. The van der Waals surface area contributed by atoms with Crippen LogP contribution >= 0.6 is 0 Å². The minimum absolute atomic E-state index is 0.245. The van der Waals surface area contributed by atoms with Crippen LogP contribution < -0.4 is 5.32 Å². The van der Waals surface area contributed by atoms with Crippen molar-refractivity contribution in [3.8, 4) is 5.69 Å². The standard InChI is InChI=1S/C19H23N3O/c1-13-20-8-9-22(13)18-5-3-2-4-16(18)12-21-19(23)17-11-14-6-7-15(17)10-14/h2-5,8-9,14-15,17H,6-7,10-12H2,1H3,(H,21,23)/t14-,15-,17-/m0/s1. The molecule has 3 atom stereocenters. The monoisotopic (exact) mass is 309 g/mol. The van der Waals surface area contributed by atoms with Crippen LogP contribution in [0.15, 0.2) is 36.7 Å². The van der Waals surface area contributed by atoms with Crippen LogP contribution in [0.5, 0.6) is 0 Å². The van der Waals surface area contributed by atoms with Gasteiger partial charge in [-0.05, 0) is 49.7 Å². The second-order valence-electron chi connectivity index (χ2n) is 6.97. The Morgan fingerprint density at radius 1 is 1.30 bits per heavy atom. The Morgan fingerprint density at radius 2 is 2.17 bits per heavy atom. The first-order chi connectivity index (χ1) is 11.2. The molecule has 2 aliphatic rings. The predicted octanol–water partition coefficient (Wildman–Crippen LogP) is 3.23. The molecule has 1 amide bonds. The highest BCUT2D eigenvalue weighted by Gasteiger charge is 2.42. The fourth-order valence-corrected chi connectivity index (χ4v) is 4.41. The Morgan fingerprint density at radius 3 is 2.87 bits per heavy atom. The van der Waals surface area contributed by atoms with Crippen LogP contribution in [0.2, 0.25) is 0 Å². The Kier molecular flexibility index (Phi) is 3.68. The van der Waals surface area contributed by atoms with Crippen LogP contribution in [-0.2, 0) is 11.3 Å². The average Bonchev–Trinajstić information content (AvgIpc) is 3.29. The summed E-state index contributed by atoms with van der Waals surface area (Å²) in [6.45, 7) is 2.57. The molecule has 0 spiro atoms. The zero-order chi connectivity index (χ0) is 15.8. The van der Waals surface area contributed by atoms with E-state index in [0.717, 1.165) is 29.4 Å². The van der Waals surface area contributed by atoms with Crippen LogP contribution in [0.25, 0.3) is 5.69 Å². The van der Waals surface area contributed by atoms with E-state index in [1.807, 2.05) is 25.3 Å². The summed E-state index contributed by atoms with van der Waals surface area (Å²) in [5, 5.41) is 3.17. The number of aryl methyl sites for hydroxylation is 1. The zero-order valence-electron chi connectivity index (χ0n) is 13.5. The third kappa shape index (κ3) is 2.67. The number of aromatic nitrogens is 2. The van der Waals surface area contributed by atoms with Gasteiger partial charge in [-0.3, -0.25) is 4.79 Å². The lowest BCUT2D eigenvalue weighted by Crippen LogP contribution is -2.33. The van der Waals surface area contributed by atoms with Crippen molar-refractivity contribution in [1.82, 2.24) is 14.9 Å². The molecule has 2 aromatic rings. The molecule has 2 bridgehead atoms. The summed E-state index contributed by atoms with van der Waals surface area (Å²) < 4.78 is 2.07. The predicted molar refractivity (Wildman–Crippen MR) is 89.1 cm³/mol.